The van der Waals surface area contributed by atoms with Gasteiger partial charge in [0, 0.05) is 13.0 Å². The minimum Gasteiger partial charge on any atom is -0.299 e. The van der Waals surface area contributed by atoms with Crippen molar-refractivity contribution in [2.75, 3.05) is 0 Å². The third-order valence-electron chi connectivity index (χ3n) is 2.54. The monoisotopic (exact) mass is 315 g/mol. The van der Waals surface area contributed by atoms with Crippen LogP contribution in [0.5, 0.6) is 0 Å². The Hall–Kier alpha value is -0.940. The SMILES string of the molecule is CC(C)c1nc2c(Br)nc(Cl)cc2c(=O)n1C. The normalized spacial score (nSPS) is 11.4. The molecule has 0 aliphatic carbocycles. The number of rotatable bonds is 1. The lowest BCUT2D eigenvalue weighted by Gasteiger charge is -2.12. The molecule has 2 aromatic heterocycles. The average Bonchev–Trinajstić information content (AvgIpc) is 2.23. The maximum Gasteiger partial charge on any atom is 0.261 e. The third-order valence-corrected chi connectivity index (χ3v) is 3.29. The van der Waals surface area contributed by atoms with Crippen molar-refractivity contribution in [2.24, 2.45) is 7.05 Å². The van der Waals surface area contributed by atoms with Crippen LogP contribution in [0, 0.1) is 0 Å². The summed E-state index contributed by atoms with van der Waals surface area (Å²) in [5.41, 5.74) is 0.449. The summed E-state index contributed by atoms with van der Waals surface area (Å²) in [5.74, 6) is 0.895. The predicted molar refractivity (Wildman–Crippen MR) is 71.6 cm³/mol. The van der Waals surface area contributed by atoms with Crippen molar-refractivity contribution in [3.05, 3.63) is 32.0 Å². The van der Waals surface area contributed by atoms with Gasteiger partial charge in [0.05, 0.1) is 5.39 Å². The topological polar surface area (TPSA) is 47.8 Å². The standard InChI is InChI=1S/C11H11BrClN3O/c1-5(2)10-15-8-6(11(17)16(10)3)4-7(13)14-9(8)12/h4-5H,1-3H3. The highest BCUT2D eigenvalue weighted by Gasteiger charge is 2.14. The van der Waals surface area contributed by atoms with Crippen LogP contribution in [0.15, 0.2) is 15.5 Å². The largest absolute Gasteiger partial charge is 0.299 e. The molecule has 6 heteroatoms. The zero-order valence-corrected chi connectivity index (χ0v) is 12.0. The first kappa shape index (κ1) is 12.5. The number of hydrogen-bond acceptors (Lipinski definition) is 3. The Kier molecular flexibility index (Phi) is 3.23. The lowest BCUT2D eigenvalue weighted by atomic mass is 10.2. The summed E-state index contributed by atoms with van der Waals surface area (Å²) < 4.78 is 2.05. The van der Waals surface area contributed by atoms with E-state index in [-0.39, 0.29) is 16.6 Å². The summed E-state index contributed by atoms with van der Waals surface area (Å²) in [6.45, 7) is 3.98. The van der Waals surface area contributed by atoms with Crippen LogP contribution in [0.4, 0.5) is 0 Å². The molecule has 0 saturated carbocycles. The van der Waals surface area contributed by atoms with Crippen molar-refractivity contribution >= 4 is 38.4 Å². The van der Waals surface area contributed by atoms with Crippen LogP contribution in [-0.4, -0.2) is 14.5 Å². The van der Waals surface area contributed by atoms with Crippen molar-refractivity contribution in [1.29, 1.82) is 0 Å². The highest BCUT2D eigenvalue weighted by atomic mass is 79.9. The molecular weight excluding hydrogens is 305 g/mol. The van der Waals surface area contributed by atoms with Crippen molar-refractivity contribution in [3.8, 4) is 0 Å². The van der Waals surface area contributed by atoms with E-state index in [1.54, 1.807) is 17.7 Å². The predicted octanol–water partition coefficient (Wildman–Crippen LogP) is 2.87. The minimum atomic E-state index is -0.108. The molecule has 0 N–H and O–H groups in total. The van der Waals surface area contributed by atoms with E-state index in [0.29, 0.717) is 15.5 Å². The van der Waals surface area contributed by atoms with Gasteiger partial charge in [-0.25, -0.2) is 9.97 Å². The van der Waals surface area contributed by atoms with E-state index in [4.69, 9.17) is 11.6 Å². The van der Waals surface area contributed by atoms with E-state index in [1.165, 1.54) is 0 Å². The number of nitrogens with zero attached hydrogens (tertiary/aromatic N) is 3. The van der Waals surface area contributed by atoms with Crippen molar-refractivity contribution in [1.82, 2.24) is 14.5 Å². The Morgan fingerprint density at radius 1 is 1.41 bits per heavy atom. The molecule has 0 bridgehead atoms. The molecule has 0 aromatic carbocycles. The van der Waals surface area contributed by atoms with E-state index in [2.05, 4.69) is 25.9 Å². The molecule has 17 heavy (non-hydrogen) atoms. The summed E-state index contributed by atoms with van der Waals surface area (Å²) in [6.07, 6.45) is 0. The molecule has 2 aromatic rings. The van der Waals surface area contributed by atoms with Gasteiger partial charge in [-0.15, -0.1) is 0 Å². The maximum atomic E-state index is 12.2. The van der Waals surface area contributed by atoms with Crippen LogP contribution >= 0.6 is 27.5 Å². The smallest absolute Gasteiger partial charge is 0.261 e. The molecule has 4 nitrogen and oxygen atoms in total. The van der Waals surface area contributed by atoms with E-state index in [9.17, 15) is 4.79 Å². The van der Waals surface area contributed by atoms with Crippen molar-refractivity contribution in [3.63, 3.8) is 0 Å². The van der Waals surface area contributed by atoms with Gasteiger partial charge < -0.3 is 0 Å². The van der Waals surface area contributed by atoms with E-state index in [1.807, 2.05) is 13.8 Å². The molecule has 0 fully saturated rings. The summed E-state index contributed by atoms with van der Waals surface area (Å²) in [4.78, 5) is 20.7. The molecule has 0 aliphatic rings. The Balaban J connectivity index is 2.96. The highest BCUT2D eigenvalue weighted by Crippen LogP contribution is 2.22. The van der Waals surface area contributed by atoms with Gasteiger partial charge in [0.1, 0.15) is 21.1 Å². The van der Waals surface area contributed by atoms with Crippen molar-refractivity contribution < 1.29 is 0 Å². The summed E-state index contributed by atoms with van der Waals surface area (Å²) >= 11 is 9.12. The number of halogens is 2. The van der Waals surface area contributed by atoms with E-state index >= 15 is 0 Å². The molecular formula is C11H11BrClN3O. The second-order valence-electron chi connectivity index (χ2n) is 4.12. The fourth-order valence-electron chi connectivity index (χ4n) is 1.74. The molecule has 0 radical (unpaired) electrons. The summed E-state index contributed by atoms with van der Waals surface area (Å²) in [5, 5.41) is 0.754. The van der Waals surface area contributed by atoms with Gasteiger partial charge in [0.25, 0.3) is 5.56 Å². The van der Waals surface area contributed by atoms with Gasteiger partial charge in [-0.05, 0) is 22.0 Å². The lowest BCUT2D eigenvalue weighted by Crippen LogP contribution is -2.23. The number of aromatic nitrogens is 3. The lowest BCUT2D eigenvalue weighted by molar-refractivity contribution is 0.675. The van der Waals surface area contributed by atoms with Crippen LogP contribution in [0.3, 0.4) is 0 Å². The molecule has 90 valence electrons. The summed E-state index contributed by atoms with van der Waals surface area (Å²) in [6, 6.07) is 1.54. The van der Waals surface area contributed by atoms with Crippen LogP contribution in [0.1, 0.15) is 25.6 Å². The molecule has 2 rings (SSSR count). The Morgan fingerprint density at radius 2 is 2.06 bits per heavy atom. The number of fused-ring (bicyclic) bond motifs is 1. The second-order valence-corrected chi connectivity index (χ2v) is 5.26. The number of hydrogen-bond donors (Lipinski definition) is 0. The van der Waals surface area contributed by atoms with E-state index in [0.717, 1.165) is 5.82 Å². The molecule has 0 unspecified atom stereocenters. The fraction of sp³-hybridized carbons (Fsp3) is 0.364. The van der Waals surface area contributed by atoms with Gasteiger partial charge in [-0.2, -0.15) is 0 Å². The second kappa shape index (κ2) is 4.38. The van der Waals surface area contributed by atoms with Crippen molar-refractivity contribution in [2.45, 2.75) is 19.8 Å². The quantitative estimate of drug-likeness (QED) is 0.760. The Bertz CT molecular complexity index is 651. The van der Waals surface area contributed by atoms with Gasteiger partial charge in [-0.3, -0.25) is 9.36 Å². The van der Waals surface area contributed by atoms with Crippen LogP contribution < -0.4 is 5.56 Å². The van der Waals surface area contributed by atoms with E-state index < -0.39 is 0 Å². The maximum absolute atomic E-state index is 12.2. The molecule has 0 amide bonds. The van der Waals surface area contributed by atoms with Crippen LogP contribution in [-0.2, 0) is 7.05 Å². The van der Waals surface area contributed by atoms with Crippen LogP contribution in [0.25, 0.3) is 10.9 Å². The van der Waals surface area contributed by atoms with Crippen LogP contribution in [0.2, 0.25) is 5.15 Å². The first-order chi connectivity index (χ1) is 7.91. The summed E-state index contributed by atoms with van der Waals surface area (Å²) in [7, 11) is 1.71. The Morgan fingerprint density at radius 3 is 2.65 bits per heavy atom. The van der Waals surface area contributed by atoms with Gasteiger partial charge in [-0.1, -0.05) is 25.4 Å². The molecule has 0 spiro atoms. The molecule has 0 atom stereocenters. The fourth-order valence-corrected chi connectivity index (χ4v) is 2.53. The molecule has 0 saturated heterocycles. The van der Waals surface area contributed by atoms with Gasteiger partial charge in [0.2, 0.25) is 0 Å². The van der Waals surface area contributed by atoms with Gasteiger partial charge >= 0.3 is 0 Å². The Labute approximate surface area is 112 Å². The zero-order valence-electron chi connectivity index (χ0n) is 9.66. The first-order valence-electron chi connectivity index (χ1n) is 5.14. The average molecular weight is 317 g/mol. The third kappa shape index (κ3) is 2.09. The number of pyridine rings is 1. The molecule has 0 aliphatic heterocycles. The zero-order chi connectivity index (χ0) is 12.7. The molecule has 2 heterocycles. The minimum absolute atomic E-state index is 0.108. The first-order valence-corrected chi connectivity index (χ1v) is 6.31. The highest BCUT2D eigenvalue weighted by molar-refractivity contribution is 9.10. The van der Waals surface area contributed by atoms with Gasteiger partial charge in [0.15, 0.2) is 0 Å².